The lowest BCUT2D eigenvalue weighted by molar-refractivity contribution is 0.669. The van der Waals surface area contributed by atoms with E-state index in [1.165, 1.54) is 219 Å². The molecular formula is C127H86O3. The molecule has 3 nitrogen and oxygen atoms in total. The van der Waals surface area contributed by atoms with Crippen LogP contribution in [0.5, 0.6) is 0 Å². The van der Waals surface area contributed by atoms with Gasteiger partial charge in [-0.05, 0) is 269 Å². The molecule has 0 atom stereocenters. The molecule has 0 radical (unpaired) electrons. The molecule has 27 aromatic rings. The van der Waals surface area contributed by atoms with Crippen molar-refractivity contribution in [3.05, 3.63) is 433 Å². The predicted molar refractivity (Wildman–Crippen MR) is 554 cm³/mol. The highest BCUT2D eigenvalue weighted by Gasteiger charge is 2.25. The molecular weight excluding hydrogens is 1570 g/mol. The van der Waals surface area contributed by atoms with Gasteiger partial charge in [0.2, 0.25) is 0 Å². The molecule has 24 aromatic carbocycles. The van der Waals surface area contributed by atoms with Crippen molar-refractivity contribution < 1.29 is 13.3 Å². The topological polar surface area (TPSA) is 39.4 Å². The van der Waals surface area contributed by atoms with Crippen molar-refractivity contribution in [2.45, 2.75) is 48.5 Å². The number of rotatable bonds is 9. The van der Waals surface area contributed by atoms with Crippen molar-refractivity contribution in [3.63, 3.8) is 0 Å². The summed E-state index contributed by atoms with van der Waals surface area (Å²) in [5, 5.41) is 30.6. The zero-order chi connectivity index (χ0) is 86.8. The van der Waals surface area contributed by atoms with Crippen LogP contribution in [0.15, 0.2) is 408 Å². The second kappa shape index (κ2) is 30.0. The summed E-state index contributed by atoms with van der Waals surface area (Å²) in [6, 6.07) is 144. The SMILES string of the molecule is Cc1ccc(-c2ccc3ccc4c(-c5cc(C)c(-c6cccc7c6oc6ccccc67)cc5C)ccc5ccc2c3c54)cc1.Cc1ccc(-c2ccc3ccc4c(-c5ccc(-c6cccc7c6oc6ccccc67)c(C)c5)ccc5ccc2c3c54)cc1.Cc1ccc(-c2ccc3ccc4c(-c5ccc(-c6cccc7c6oc6ccccc67)cc5C)ccc5ccc2c3c54)cc1. The second-order valence-electron chi connectivity index (χ2n) is 35.9. The molecule has 0 aliphatic heterocycles. The number of hydrogen-bond donors (Lipinski definition) is 0. The van der Waals surface area contributed by atoms with Gasteiger partial charge >= 0.3 is 0 Å². The number of aryl methyl sites for hydroxylation is 7. The van der Waals surface area contributed by atoms with E-state index in [0.29, 0.717) is 0 Å². The van der Waals surface area contributed by atoms with E-state index >= 15 is 0 Å². The fourth-order valence-electron chi connectivity index (χ4n) is 21.6. The quantitative estimate of drug-likeness (QED) is 0.135. The minimum atomic E-state index is 0.928. The van der Waals surface area contributed by atoms with E-state index in [0.717, 1.165) is 82.5 Å². The molecule has 0 N–H and O–H groups in total. The van der Waals surface area contributed by atoms with Gasteiger partial charge in [0, 0.05) is 49.0 Å². The van der Waals surface area contributed by atoms with Gasteiger partial charge in [-0.1, -0.05) is 393 Å². The van der Waals surface area contributed by atoms with Crippen LogP contribution in [-0.4, -0.2) is 0 Å². The maximum absolute atomic E-state index is 6.42. The van der Waals surface area contributed by atoms with Crippen LogP contribution in [0.4, 0.5) is 0 Å². The first kappa shape index (κ1) is 76.3. The third-order valence-electron chi connectivity index (χ3n) is 28.1. The van der Waals surface area contributed by atoms with E-state index in [1.807, 2.05) is 30.3 Å². The molecule has 0 saturated carbocycles. The molecule has 0 saturated heterocycles. The molecule has 0 aliphatic carbocycles. The largest absolute Gasteiger partial charge is 0.455 e. The lowest BCUT2D eigenvalue weighted by Crippen LogP contribution is -1.93. The molecule has 27 rings (SSSR count). The van der Waals surface area contributed by atoms with Gasteiger partial charge in [-0.15, -0.1) is 0 Å². The summed E-state index contributed by atoms with van der Waals surface area (Å²) in [4.78, 5) is 0. The number of benzene rings is 24. The second-order valence-corrected chi connectivity index (χ2v) is 35.9. The minimum absolute atomic E-state index is 0.928. The Kier molecular flexibility index (Phi) is 17.6. The molecule has 0 aliphatic rings. The normalized spacial score (nSPS) is 12.0. The van der Waals surface area contributed by atoms with E-state index < -0.39 is 0 Å². The number of fused-ring (bicyclic) bond motifs is 9. The fraction of sp³-hybridized carbons (Fsp3) is 0.0551. The molecule has 3 aromatic heterocycles. The summed E-state index contributed by atoms with van der Waals surface area (Å²) >= 11 is 0. The standard InChI is InChI=1S/C43H30O.2C42H28O/c1-25-11-13-28(14-12-25)31-19-15-29-18-22-35-32(20-16-30-17-21-34(31)41(29)42(30)35)38-23-27(3)39(24-26(38)2)37-9-6-8-36-33-7-4-5-10-40(33)44-43(36)37;1-25-10-12-27(13-11-25)32-20-14-28-17-23-36-33(21-15-29-16-22-35(32)40(28)41(29)36)30-18-19-31(26(2)24-30)37-7-5-8-38-34-6-3-4-9-39(34)43-42(37)38;1-25-10-12-27(13-11-25)32-20-14-28-17-23-37-34(21-15-29-16-22-36(32)40(28)41(29)37)31-19-18-30(24-26(31)2)33-7-5-8-38-35-6-3-4-9-39(35)43-42(33)38/h4-24H,1-3H3;2*3-24H,1-2H3. The van der Waals surface area contributed by atoms with Crippen molar-refractivity contribution in [1.82, 2.24) is 0 Å². The van der Waals surface area contributed by atoms with Crippen LogP contribution < -0.4 is 0 Å². The van der Waals surface area contributed by atoms with Crippen LogP contribution in [0.3, 0.4) is 0 Å². The summed E-state index contributed by atoms with van der Waals surface area (Å²) < 4.78 is 19.2. The van der Waals surface area contributed by atoms with Gasteiger partial charge in [-0.3, -0.25) is 0 Å². The van der Waals surface area contributed by atoms with Crippen molar-refractivity contribution in [3.8, 4) is 100 Å². The summed E-state index contributed by atoms with van der Waals surface area (Å²) in [5.41, 5.74) is 36.7. The van der Waals surface area contributed by atoms with Gasteiger partial charge in [0.1, 0.15) is 33.5 Å². The van der Waals surface area contributed by atoms with Crippen LogP contribution in [-0.2, 0) is 0 Å². The Balaban J connectivity index is 0.000000105. The molecule has 0 amide bonds. The smallest absolute Gasteiger partial charge is 0.143 e. The van der Waals surface area contributed by atoms with Gasteiger partial charge in [0.25, 0.3) is 0 Å². The van der Waals surface area contributed by atoms with E-state index in [9.17, 15) is 0 Å². The third-order valence-corrected chi connectivity index (χ3v) is 28.1. The summed E-state index contributed by atoms with van der Waals surface area (Å²) in [6.45, 7) is 15.3. The number of furan rings is 3. The molecule has 0 fully saturated rings. The van der Waals surface area contributed by atoms with E-state index in [-0.39, 0.29) is 0 Å². The average Bonchev–Trinajstić information content (AvgIpc) is 1.06. The van der Waals surface area contributed by atoms with Gasteiger partial charge < -0.3 is 13.3 Å². The monoisotopic (exact) mass is 1660 g/mol. The Morgan fingerprint density at radius 2 is 0.369 bits per heavy atom. The Morgan fingerprint density at radius 1 is 0.138 bits per heavy atom. The first-order valence-electron chi connectivity index (χ1n) is 45.2. The predicted octanol–water partition coefficient (Wildman–Crippen LogP) is 36.6. The molecule has 0 spiro atoms. The minimum Gasteiger partial charge on any atom is -0.455 e. The first-order chi connectivity index (χ1) is 63.8. The van der Waals surface area contributed by atoms with Crippen molar-refractivity contribution >= 4 is 163 Å². The summed E-state index contributed by atoms with van der Waals surface area (Å²) in [5.74, 6) is 0. The van der Waals surface area contributed by atoms with Gasteiger partial charge in [-0.25, -0.2) is 0 Å². The maximum atomic E-state index is 6.42. The van der Waals surface area contributed by atoms with Crippen molar-refractivity contribution in [1.29, 1.82) is 0 Å². The Labute approximate surface area is 752 Å². The molecule has 3 heterocycles. The van der Waals surface area contributed by atoms with Gasteiger partial charge in [-0.2, -0.15) is 0 Å². The van der Waals surface area contributed by atoms with Gasteiger partial charge in [0.15, 0.2) is 0 Å². The summed E-state index contributed by atoms with van der Waals surface area (Å²) in [6.07, 6.45) is 0. The Bertz CT molecular complexity index is 9290. The zero-order valence-corrected chi connectivity index (χ0v) is 73.3. The van der Waals surface area contributed by atoms with Crippen LogP contribution in [0, 0.1) is 48.5 Å². The van der Waals surface area contributed by atoms with E-state index in [4.69, 9.17) is 13.3 Å². The first-order valence-corrected chi connectivity index (χ1v) is 45.2. The average molecular weight is 1660 g/mol. The molecule has 0 bridgehead atoms. The Hall–Kier alpha value is -16.2. The lowest BCUT2D eigenvalue weighted by Gasteiger charge is -2.18. The molecule has 612 valence electrons. The van der Waals surface area contributed by atoms with Crippen LogP contribution in [0.25, 0.3) is 263 Å². The zero-order valence-electron chi connectivity index (χ0n) is 73.3. The highest BCUT2D eigenvalue weighted by atomic mass is 16.3. The molecule has 130 heavy (non-hydrogen) atoms. The highest BCUT2D eigenvalue weighted by molar-refractivity contribution is 6.31. The Morgan fingerprint density at radius 3 is 0.715 bits per heavy atom. The van der Waals surface area contributed by atoms with Gasteiger partial charge in [0.05, 0.1) is 0 Å². The molecule has 0 unspecified atom stereocenters. The van der Waals surface area contributed by atoms with Crippen molar-refractivity contribution in [2.24, 2.45) is 0 Å². The fourth-order valence-corrected chi connectivity index (χ4v) is 21.6. The van der Waals surface area contributed by atoms with Crippen LogP contribution in [0.2, 0.25) is 0 Å². The van der Waals surface area contributed by atoms with E-state index in [2.05, 4.69) is 412 Å². The van der Waals surface area contributed by atoms with Crippen LogP contribution in [0.1, 0.15) is 38.9 Å². The lowest BCUT2D eigenvalue weighted by atomic mass is 9.85. The third kappa shape index (κ3) is 12.2. The summed E-state index contributed by atoms with van der Waals surface area (Å²) in [7, 11) is 0. The van der Waals surface area contributed by atoms with Crippen molar-refractivity contribution in [2.75, 3.05) is 0 Å². The molecule has 3 heteroatoms. The highest BCUT2D eigenvalue weighted by Crippen LogP contribution is 2.51. The van der Waals surface area contributed by atoms with E-state index in [1.54, 1.807) is 0 Å². The number of para-hydroxylation sites is 6. The van der Waals surface area contributed by atoms with Crippen LogP contribution >= 0.6 is 0 Å². The maximum Gasteiger partial charge on any atom is 0.143 e. The number of hydrogen-bond acceptors (Lipinski definition) is 3.